The number of benzene rings is 3. The van der Waals surface area contributed by atoms with E-state index in [9.17, 15) is 52.7 Å². The Morgan fingerprint density at radius 1 is 0.435 bits per heavy atom. The Kier molecular flexibility index (Phi) is 5.93. The summed E-state index contributed by atoms with van der Waals surface area (Å²) < 4.78 is 239. The molecule has 0 saturated carbocycles. The molecule has 46 heavy (non-hydrogen) atoms. The molecule has 1 saturated heterocycles. The van der Waals surface area contributed by atoms with Crippen LogP contribution >= 0.6 is 6.63 Å². The molecule has 0 amide bonds. The predicted molar refractivity (Wildman–Crippen MR) is 129 cm³/mol. The van der Waals surface area contributed by atoms with Gasteiger partial charge in [0, 0.05) is 0 Å². The number of rotatable bonds is 1. The predicted octanol–water partition coefficient (Wildman–Crippen LogP) is 8.66. The maximum atomic E-state index is 15.1. The number of halogens is 15. The summed E-state index contributed by atoms with van der Waals surface area (Å²) in [6, 6.07) is 6.91. The van der Waals surface area contributed by atoms with E-state index in [-0.39, 0.29) is 24.3 Å². The second kappa shape index (κ2) is 8.31. The van der Waals surface area contributed by atoms with Gasteiger partial charge in [-0.05, 0) is 0 Å². The molecule has 0 bridgehead atoms. The first-order chi connectivity index (χ1) is 20.8. The minimum absolute atomic E-state index is 0.0284. The van der Waals surface area contributed by atoms with Crippen molar-refractivity contribution in [2.45, 2.75) is 47.7 Å². The van der Waals surface area contributed by atoms with E-state index in [0.29, 0.717) is 36.4 Å². The maximum absolute atomic E-state index is 15.1. The summed E-state index contributed by atoms with van der Waals surface area (Å²) in [4.78, 5) is 0. The summed E-state index contributed by atoms with van der Waals surface area (Å²) in [7, 11) is 0. The van der Waals surface area contributed by atoms with Gasteiger partial charge in [0.15, 0.2) is 0 Å². The fraction of sp³-hybridized carbons (Fsp3) is 0.333. The zero-order chi connectivity index (χ0) is 34.3. The quantitative estimate of drug-likeness (QED) is 0.188. The van der Waals surface area contributed by atoms with Crippen LogP contribution in [0, 0.1) is 0 Å². The second-order valence-corrected chi connectivity index (χ2v) is 16.1. The van der Waals surface area contributed by atoms with Gasteiger partial charge in [0.25, 0.3) is 0 Å². The Bertz CT molecular complexity index is 1620. The van der Waals surface area contributed by atoms with Gasteiger partial charge in [-0.3, -0.25) is 0 Å². The summed E-state index contributed by atoms with van der Waals surface area (Å²) in [5.41, 5.74) is -21.2. The van der Waals surface area contributed by atoms with Crippen molar-refractivity contribution in [3.63, 3.8) is 0 Å². The first-order valence-corrected chi connectivity index (χ1v) is 15.3. The number of hydrogen-bond acceptors (Lipinski definition) is 3. The molecule has 1 unspecified atom stereocenters. The van der Waals surface area contributed by atoms with Crippen LogP contribution in [0.3, 0.4) is 0 Å². The van der Waals surface area contributed by atoms with Gasteiger partial charge < -0.3 is 0 Å². The van der Waals surface area contributed by atoms with Crippen molar-refractivity contribution in [3.8, 4) is 0 Å². The van der Waals surface area contributed by atoms with Crippen LogP contribution in [0.1, 0.15) is 16.7 Å². The monoisotopic (exact) mass is 703 g/mol. The van der Waals surface area contributed by atoms with E-state index in [0.717, 1.165) is 18.2 Å². The first kappa shape index (κ1) is 32.8. The minimum atomic E-state index is -8.79. The van der Waals surface area contributed by atoms with E-state index < -0.39 is 87.8 Å². The molecule has 3 nitrogen and oxygen atoms in total. The van der Waals surface area contributed by atoms with Crippen molar-refractivity contribution < 1.29 is 79.4 Å². The van der Waals surface area contributed by atoms with E-state index >= 15 is 13.2 Å². The number of fused-ring (bicyclic) bond motifs is 2. The summed E-state index contributed by atoms with van der Waals surface area (Å²) in [6.45, 7) is -8.79. The van der Waals surface area contributed by atoms with Crippen LogP contribution in [0.25, 0.3) is 0 Å². The van der Waals surface area contributed by atoms with Crippen molar-refractivity contribution in [3.05, 3.63) is 95.6 Å². The van der Waals surface area contributed by atoms with Crippen LogP contribution in [0.5, 0.6) is 0 Å². The van der Waals surface area contributed by atoms with Crippen molar-refractivity contribution >= 4 is 17.2 Å². The molecule has 0 aliphatic carbocycles. The molecular formula is C27H15F15O3P-. The summed E-state index contributed by atoms with van der Waals surface area (Å²) >= 11 is 0. The van der Waals surface area contributed by atoms with Gasteiger partial charge >= 0.3 is 246 Å². The van der Waals surface area contributed by atoms with Gasteiger partial charge in [-0.1, -0.05) is 0 Å². The average molecular weight is 703 g/mol. The van der Waals surface area contributed by atoms with Crippen LogP contribution < -0.4 is 10.6 Å². The zero-order valence-corrected chi connectivity index (χ0v) is 22.9. The fourth-order valence-corrected chi connectivity index (χ4v) is 15.5. The van der Waals surface area contributed by atoms with Crippen LogP contribution in [-0.2, 0) is 30.4 Å². The standard InChI is InChI=1S/C27H15F15O3P/c28-23(29,30)20(15-8-2-1-3-9-15)14-46(43-20,18-12-6-4-10-16(18)21(44-46,24(31,32)33)25(34,35)36)19-13-7-5-11-17(19)22(45-46,26(37,38)39)27(40,41)42/h1-13H,14H2/q-1. The van der Waals surface area contributed by atoms with E-state index in [4.69, 9.17) is 13.6 Å². The fourth-order valence-electron chi connectivity index (χ4n) is 7.17. The third-order valence-electron chi connectivity index (χ3n) is 8.73. The zero-order valence-electron chi connectivity index (χ0n) is 22.1. The molecule has 3 aliphatic rings. The molecule has 6 rings (SSSR count). The summed E-state index contributed by atoms with van der Waals surface area (Å²) in [6.07, 6.45) is -35.5. The van der Waals surface area contributed by atoms with Gasteiger partial charge in [-0.2, -0.15) is 0 Å². The first-order valence-electron chi connectivity index (χ1n) is 12.7. The Labute approximate surface area is 246 Å². The number of hydrogen-bond donors (Lipinski definition) is 0. The molecule has 3 heterocycles. The van der Waals surface area contributed by atoms with Crippen molar-refractivity contribution in [2.75, 3.05) is 6.16 Å². The van der Waals surface area contributed by atoms with Crippen LogP contribution in [-0.4, -0.2) is 37.0 Å². The molecule has 3 aromatic rings. The summed E-state index contributed by atoms with van der Waals surface area (Å²) in [5.74, 6) is 0. The molecule has 19 heteroatoms. The van der Waals surface area contributed by atoms with Crippen LogP contribution in [0.2, 0.25) is 0 Å². The molecule has 1 spiro atoms. The molecular weight excluding hydrogens is 688 g/mol. The SMILES string of the molecule is FC(F)(F)C1(c2ccccc2)C[P-]23(O1)(OC(C(F)(F)F)(C(F)(F)F)c1ccccc12)OC(C(F)(F)F)(C(F)(F)F)c1ccccc13. The Morgan fingerprint density at radius 2 is 0.761 bits per heavy atom. The van der Waals surface area contributed by atoms with Gasteiger partial charge in [0.05, 0.1) is 0 Å². The molecule has 0 aromatic heterocycles. The molecule has 3 aliphatic heterocycles. The Morgan fingerprint density at radius 3 is 1.09 bits per heavy atom. The van der Waals surface area contributed by atoms with Crippen LogP contribution in [0.4, 0.5) is 65.9 Å². The van der Waals surface area contributed by atoms with E-state index in [2.05, 4.69) is 0 Å². The normalized spacial score (nSPS) is 27.1. The Hall–Kier alpha value is -3.08. The van der Waals surface area contributed by atoms with Crippen LogP contribution in [0.15, 0.2) is 78.9 Å². The molecule has 3 aromatic carbocycles. The van der Waals surface area contributed by atoms with Gasteiger partial charge in [0.1, 0.15) is 0 Å². The van der Waals surface area contributed by atoms with E-state index in [1.807, 2.05) is 0 Å². The molecule has 1 atom stereocenters. The van der Waals surface area contributed by atoms with Gasteiger partial charge in [-0.15, -0.1) is 0 Å². The topological polar surface area (TPSA) is 27.7 Å². The van der Waals surface area contributed by atoms with E-state index in [1.54, 1.807) is 0 Å². The van der Waals surface area contributed by atoms with Crippen molar-refractivity contribution in [1.82, 2.24) is 0 Å². The van der Waals surface area contributed by atoms with Gasteiger partial charge in [-0.25, -0.2) is 0 Å². The third kappa shape index (κ3) is 3.24. The molecule has 1 fully saturated rings. The third-order valence-corrected chi connectivity index (χ3v) is 15.2. The summed E-state index contributed by atoms with van der Waals surface area (Å²) in [5, 5.41) is -3.64. The van der Waals surface area contributed by atoms with E-state index in [1.165, 1.54) is 0 Å². The number of alkyl halides is 15. The van der Waals surface area contributed by atoms with Crippen molar-refractivity contribution in [2.24, 2.45) is 0 Å². The molecule has 0 N–H and O–H groups in total. The van der Waals surface area contributed by atoms with Crippen molar-refractivity contribution in [1.29, 1.82) is 0 Å². The average Bonchev–Trinajstić information content (AvgIpc) is 3.33. The van der Waals surface area contributed by atoms with Gasteiger partial charge in [0.2, 0.25) is 0 Å². The molecule has 0 radical (unpaired) electrons. The molecule has 252 valence electrons. The Balaban J connectivity index is 1.90. The second-order valence-electron chi connectivity index (χ2n) is 11.1.